The molecule has 55 heavy (non-hydrogen) atoms. The lowest BCUT2D eigenvalue weighted by Crippen LogP contribution is -2.12. The van der Waals surface area contributed by atoms with Gasteiger partial charge in [-0.25, -0.2) is 0 Å². The summed E-state index contributed by atoms with van der Waals surface area (Å²) < 4.78 is 13.1. The Labute approximate surface area is 317 Å². The Kier molecular flexibility index (Phi) is 7.17. The molecule has 0 aliphatic rings. The average Bonchev–Trinajstić information content (AvgIpc) is 3.83. The lowest BCUT2D eigenvalue weighted by atomic mass is 9.95. The van der Waals surface area contributed by atoms with Crippen molar-refractivity contribution < 1.29 is 8.83 Å². The van der Waals surface area contributed by atoms with Gasteiger partial charge >= 0.3 is 0 Å². The molecule has 11 aromatic rings. The van der Waals surface area contributed by atoms with Gasteiger partial charge < -0.3 is 13.7 Å². The third-order valence-electron chi connectivity index (χ3n) is 10.8. The predicted octanol–water partition coefficient (Wildman–Crippen LogP) is 15.1. The monoisotopic (exact) mass is 703 g/mol. The number of nitrogens with zero attached hydrogens (tertiary/aromatic N) is 1. The van der Waals surface area contributed by atoms with Crippen molar-refractivity contribution >= 4 is 71.7 Å². The van der Waals surface area contributed by atoms with Gasteiger partial charge in [-0.05, 0) is 93.2 Å². The summed E-state index contributed by atoms with van der Waals surface area (Å²) in [6.45, 7) is 0. The van der Waals surface area contributed by atoms with Gasteiger partial charge in [0.2, 0.25) is 0 Å². The van der Waals surface area contributed by atoms with E-state index in [1.807, 2.05) is 24.3 Å². The van der Waals surface area contributed by atoms with Crippen molar-refractivity contribution in [2.24, 2.45) is 0 Å². The highest BCUT2D eigenvalue weighted by Gasteiger charge is 2.23. The fourth-order valence-electron chi connectivity index (χ4n) is 8.17. The van der Waals surface area contributed by atoms with E-state index < -0.39 is 0 Å². The first-order chi connectivity index (χ1) is 27.2. The molecule has 258 valence electrons. The summed E-state index contributed by atoms with van der Waals surface area (Å²) in [4.78, 5) is 2.38. The second-order valence-electron chi connectivity index (χ2n) is 14.1. The minimum atomic E-state index is 0.841. The predicted molar refractivity (Wildman–Crippen MR) is 229 cm³/mol. The number of fused-ring (bicyclic) bond motifs is 7. The maximum atomic E-state index is 6.75. The summed E-state index contributed by atoms with van der Waals surface area (Å²) in [7, 11) is 0. The van der Waals surface area contributed by atoms with Gasteiger partial charge in [-0.15, -0.1) is 0 Å². The van der Waals surface area contributed by atoms with Gasteiger partial charge in [-0.3, -0.25) is 0 Å². The van der Waals surface area contributed by atoms with Crippen molar-refractivity contribution in [3.63, 3.8) is 0 Å². The lowest BCUT2D eigenvalue weighted by molar-refractivity contribution is 0.669. The number of furan rings is 2. The van der Waals surface area contributed by atoms with Crippen molar-refractivity contribution in [3.05, 3.63) is 200 Å². The fourth-order valence-corrected chi connectivity index (χ4v) is 8.17. The number of hydrogen-bond acceptors (Lipinski definition) is 3. The van der Waals surface area contributed by atoms with Gasteiger partial charge in [0.25, 0.3) is 0 Å². The lowest BCUT2D eigenvalue weighted by Gasteiger charge is -2.29. The van der Waals surface area contributed by atoms with Crippen LogP contribution in [0.5, 0.6) is 0 Å². The number of anilines is 3. The fraction of sp³-hybridized carbons (Fsp3) is 0. The molecule has 3 heteroatoms. The SMILES string of the molecule is c1ccc(-c2ccc(-c3ccc4ccccc4c3)cc2N(c2cccc(-c3ccc4c(c3)oc3ccccc34)c2)c2cccc3c2oc2ccccc23)cc1. The molecule has 0 spiro atoms. The van der Waals surface area contributed by atoms with Gasteiger partial charge in [0.1, 0.15) is 16.7 Å². The van der Waals surface area contributed by atoms with E-state index in [0.29, 0.717) is 0 Å². The Balaban J connectivity index is 1.16. The minimum absolute atomic E-state index is 0.841. The van der Waals surface area contributed by atoms with Gasteiger partial charge in [0.15, 0.2) is 5.58 Å². The first-order valence-corrected chi connectivity index (χ1v) is 18.7. The summed E-state index contributed by atoms with van der Waals surface area (Å²) in [5.74, 6) is 0. The molecule has 9 aromatic carbocycles. The number of benzene rings is 9. The molecule has 0 atom stereocenters. The molecule has 2 aromatic heterocycles. The van der Waals surface area contributed by atoms with Crippen molar-refractivity contribution in [1.82, 2.24) is 0 Å². The quantitative estimate of drug-likeness (QED) is 0.173. The van der Waals surface area contributed by atoms with Crippen LogP contribution in [0.4, 0.5) is 17.1 Å². The third-order valence-corrected chi connectivity index (χ3v) is 10.8. The largest absolute Gasteiger partial charge is 0.456 e. The highest BCUT2D eigenvalue weighted by atomic mass is 16.3. The summed E-state index contributed by atoms with van der Waals surface area (Å²) in [5, 5.41) is 6.86. The maximum Gasteiger partial charge on any atom is 0.159 e. The van der Waals surface area contributed by atoms with Crippen LogP contribution >= 0.6 is 0 Å². The zero-order chi connectivity index (χ0) is 36.3. The smallest absolute Gasteiger partial charge is 0.159 e. The minimum Gasteiger partial charge on any atom is -0.456 e. The zero-order valence-electron chi connectivity index (χ0n) is 29.8. The van der Waals surface area contributed by atoms with Crippen LogP contribution in [0.25, 0.3) is 88.0 Å². The van der Waals surface area contributed by atoms with E-state index in [1.165, 1.54) is 10.8 Å². The van der Waals surface area contributed by atoms with Crippen LogP contribution in [0.1, 0.15) is 0 Å². The Morgan fingerprint density at radius 1 is 0.309 bits per heavy atom. The maximum absolute atomic E-state index is 6.75. The summed E-state index contributed by atoms with van der Waals surface area (Å²) in [5.41, 5.74) is 13.2. The topological polar surface area (TPSA) is 29.5 Å². The van der Waals surface area contributed by atoms with Crippen LogP contribution in [0.15, 0.2) is 209 Å². The van der Waals surface area contributed by atoms with Crippen molar-refractivity contribution in [2.75, 3.05) is 4.90 Å². The van der Waals surface area contributed by atoms with Crippen molar-refractivity contribution in [3.8, 4) is 33.4 Å². The van der Waals surface area contributed by atoms with Crippen LogP contribution in [0.3, 0.4) is 0 Å². The Hall–Kier alpha value is -7.36. The first kappa shape index (κ1) is 31.2. The van der Waals surface area contributed by atoms with Crippen LogP contribution in [-0.2, 0) is 0 Å². The summed E-state index contributed by atoms with van der Waals surface area (Å²) >= 11 is 0. The molecule has 0 bridgehead atoms. The third kappa shape index (κ3) is 5.28. The molecule has 0 aliphatic heterocycles. The van der Waals surface area contributed by atoms with Gasteiger partial charge in [-0.2, -0.15) is 0 Å². The summed E-state index contributed by atoms with van der Waals surface area (Å²) in [6, 6.07) is 71.1. The Morgan fingerprint density at radius 2 is 0.909 bits per heavy atom. The molecule has 0 amide bonds. The van der Waals surface area contributed by atoms with Crippen LogP contribution in [0.2, 0.25) is 0 Å². The van der Waals surface area contributed by atoms with E-state index in [1.54, 1.807) is 0 Å². The van der Waals surface area contributed by atoms with Gasteiger partial charge in [0.05, 0.1) is 11.4 Å². The normalized spacial score (nSPS) is 11.6. The second kappa shape index (κ2) is 12.6. The Morgan fingerprint density at radius 3 is 1.78 bits per heavy atom. The standard InChI is InChI=1S/C52H33NO2/c1-2-13-35(14-3-1)42-28-26-39(38-25-24-34-12-4-5-15-36(34)30-38)32-48(42)53(47-21-11-20-46-44-19-7-9-23-50(44)55-52(46)47)41-17-10-16-37(31-41)40-27-29-45-43-18-6-8-22-49(43)54-51(45)33-40/h1-33H. The molecule has 0 aliphatic carbocycles. The molecule has 0 N–H and O–H groups in total. The number of hydrogen-bond donors (Lipinski definition) is 0. The molecular weight excluding hydrogens is 671 g/mol. The summed E-state index contributed by atoms with van der Waals surface area (Å²) in [6.07, 6.45) is 0. The van der Waals surface area contributed by atoms with E-state index in [4.69, 9.17) is 8.83 Å². The Bertz CT molecular complexity index is 3220. The zero-order valence-corrected chi connectivity index (χ0v) is 29.8. The van der Waals surface area contributed by atoms with E-state index in [0.717, 1.165) is 94.3 Å². The molecule has 2 heterocycles. The average molecular weight is 704 g/mol. The second-order valence-corrected chi connectivity index (χ2v) is 14.1. The van der Waals surface area contributed by atoms with Crippen molar-refractivity contribution in [1.29, 1.82) is 0 Å². The molecule has 0 saturated heterocycles. The first-order valence-electron chi connectivity index (χ1n) is 18.7. The van der Waals surface area contributed by atoms with E-state index in [9.17, 15) is 0 Å². The molecule has 3 nitrogen and oxygen atoms in total. The molecule has 0 unspecified atom stereocenters. The van der Waals surface area contributed by atoms with Crippen molar-refractivity contribution in [2.45, 2.75) is 0 Å². The molecular formula is C52H33NO2. The van der Waals surface area contributed by atoms with Gasteiger partial charge in [-0.1, -0.05) is 146 Å². The molecule has 0 saturated carbocycles. The number of rotatable bonds is 6. The number of para-hydroxylation sites is 3. The molecule has 0 radical (unpaired) electrons. The van der Waals surface area contributed by atoms with E-state index in [-0.39, 0.29) is 0 Å². The van der Waals surface area contributed by atoms with Crippen LogP contribution in [0, 0.1) is 0 Å². The highest BCUT2D eigenvalue weighted by Crippen LogP contribution is 2.47. The molecule has 0 fully saturated rings. The highest BCUT2D eigenvalue weighted by molar-refractivity contribution is 6.11. The van der Waals surface area contributed by atoms with Crippen LogP contribution in [-0.4, -0.2) is 0 Å². The van der Waals surface area contributed by atoms with Gasteiger partial charge in [0, 0.05) is 32.8 Å². The molecule has 11 rings (SSSR count). The van der Waals surface area contributed by atoms with Crippen LogP contribution < -0.4 is 4.90 Å². The van der Waals surface area contributed by atoms with E-state index in [2.05, 4.69) is 181 Å². The van der Waals surface area contributed by atoms with E-state index >= 15 is 0 Å².